The minimum absolute atomic E-state index is 0.483. The Morgan fingerprint density at radius 1 is 1.18 bits per heavy atom. The summed E-state index contributed by atoms with van der Waals surface area (Å²) in [6, 6.07) is 8.56. The molecule has 2 unspecified atom stereocenters. The van der Waals surface area contributed by atoms with Gasteiger partial charge < -0.3 is 4.55 Å². The van der Waals surface area contributed by atoms with Crippen LogP contribution in [0.25, 0.3) is 5.57 Å². The molecule has 148 valence electrons. The molecule has 1 aliphatic heterocycles. The zero-order valence-electron chi connectivity index (χ0n) is 15.5. The van der Waals surface area contributed by atoms with Crippen molar-refractivity contribution in [3.05, 3.63) is 65.0 Å². The number of alkyl halides is 3. The molecule has 0 N–H and O–H groups in total. The van der Waals surface area contributed by atoms with Gasteiger partial charge in [-0.25, -0.2) is 0 Å². The maximum Gasteiger partial charge on any atom is 0.417 e. The van der Waals surface area contributed by atoms with Gasteiger partial charge in [-0.2, -0.15) is 13.2 Å². The lowest BCUT2D eigenvalue weighted by atomic mass is 10.0. The van der Waals surface area contributed by atoms with Gasteiger partial charge in [-0.05, 0) is 66.1 Å². The molecule has 0 saturated carbocycles. The lowest BCUT2D eigenvalue weighted by molar-refractivity contribution is -0.137. The molecule has 2 heterocycles. The van der Waals surface area contributed by atoms with Crippen LogP contribution in [0.2, 0.25) is 0 Å². The molecule has 0 fully saturated rings. The Hall–Kier alpha value is -1.83. The van der Waals surface area contributed by atoms with E-state index in [-0.39, 0.29) is 0 Å². The van der Waals surface area contributed by atoms with Crippen molar-refractivity contribution >= 4 is 16.9 Å². The molecule has 2 aromatic rings. The Labute approximate surface area is 165 Å². The number of aromatic nitrogens is 1. The molecule has 28 heavy (non-hydrogen) atoms. The number of pyridine rings is 1. The summed E-state index contributed by atoms with van der Waals surface area (Å²) in [7, 11) is 0. The highest BCUT2D eigenvalue weighted by atomic mass is 32.2. The first kappa shape index (κ1) is 19.5. The predicted octanol–water partition coefficient (Wildman–Crippen LogP) is 4.96. The van der Waals surface area contributed by atoms with E-state index in [0.717, 1.165) is 35.6 Å². The van der Waals surface area contributed by atoms with Crippen LogP contribution in [0.15, 0.2) is 47.5 Å². The van der Waals surface area contributed by atoms with Crippen LogP contribution in [0.5, 0.6) is 0 Å². The van der Waals surface area contributed by atoms with Gasteiger partial charge in [0.2, 0.25) is 0 Å². The van der Waals surface area contributed by atoms with Gasteiger partial charge in [0.15, 0.2) is 4.90 Å². The summed E-state index contributed by atoms with van der Waals surface area (Å²) in [5, 5.41) is 0. The van der Waals surface area contributed by atoms with E-state index in [9.17, 15) is 17.7 Å². The van der Waals surface area contributed by atoms with Crippen LogP contribution in [-0.4, -0.2) is 26.9 Å². The fourth-order valence-corrected chi connectivity index (χ4v) is 5.01. The van der Waals surface area contributed by atoms with E-state index >= 15 is 0 Å². The SMILES string of the molecule is CC1CCc2ccc([S+]([O-])N3CC=C(c4ccc(C(F)(F)F)cn4)CC3)cc21. The molecule has 1 aromatic carbocycles. The number of hydrogen-bond acceptors (Lipinski definition) is 3. The van der Waals surface area contributed by atoms with Gasteiger partial charge in [0.05, 0.1) is 29.2 Å². The summed E-state index contributed by atoms with van der Waals surface area (Å²) >= 11 is -1.24. The number of hydrogen-bond donors (Lipinski definition) is 0. The van der Waals surface area contributed by atoms with Crippen molar-refractivity contribution in [2.45, 2.75) is 43.2 Å². The van der Waals surface area contributed by atoms with Crippen LogP contribution >= 0.6 is 0 Å². The molecule has 7 heteroatoms. The molecular weight excluding hydrogens is 385 g/mol. The van der Waals surface area contributed by atoms with Gasteiger partial charge >= 0.3 is 6.18 Å². The van der Waals surface area contributed by atoms with Crippen molar-refractivity contribution in [3.8, 4) is 0 Å². The topological polar surface area (TPSA) is 39.2 Å². The maximum absolute atomic E-state index is 13.0. The summed E-state index contributed by atoms with van der Waals surface area (Å²) < 4.78 is 52.9. The third-order valence-corrected chi connectivity index (χ3v) is 6.98. The molecule has 2 atom stereocenters. The van der Waals surface area contributed by atoms with Crippen LogP contribution in [0.3, 0.4) is 0 Å². The molecule has 0 spiro atoms. The van der Waals surface area contributed by atoms with E-state index in [0.29, 0.717) is 31.1 Å². The Morgan fingerprint density at radius 2 is 2.00 bits per heavy atom. The molecule has 1 aliphatic carbocycles. The van der Waals surface area contributed by atoms with E-state index in [1.807, 2.05) is 16.4 Å². The fraction of sp³-hybridized carbons (Fsp3) is 0.381. The van der Waals surface area contributed by atoms with Crippen molar-refractivity contribution in [1.82, 2.24) is 9.29 Å². The number of halogens is 3. The summed E-state index contributed by atoms with van der Waals surface area (Å²) in [5.41, 5.74) is 3.34. The van der Waals surface area contributed by atoms with Gasteiger partial charge in [0.1, 0.15) is 0 Å². The highest BCUT2D eigenvalue weighted by Gasteiger charge is 2.31. The van der Waals surface area contributed by atoms with E-state index in [4.69, 9.17) is 0 Å². The maximum atomic E-state index is 13.0. The van der Waals surface area contributed by atoms with E-state index < -0.39 is 23.1 Å². The van der Waals surface area contributed by atoms with Crippen LogP contribution in [0.4, 0.5) is 13.2 Å². The molecule has 0 amide bonds. The van der Waals surface area contributed by atoms with Crippen LogP contribution in [0.1, 0.15) is 48.1 Å². The standard InChI is InChI=1S/C21H21F3N2OS/c1-14-2-3-15-4-6-18(12-19(14)15)28(27)26-10-8-16(9-11-26)20-7-5-17(13-25-20)21(22,23)24/h4-8,12-14H,2-3,9-11H2,1H3. The van der Waals surface area contributed by atoms with Gasteiger partial charge in [0, 0.05) is 12.7 Å². The third kappa shape index (κ3) is 3.83. The van der Waals surface area contributed by atoms with Crippen LogP contribution in [0, 0.1) is 0 Å². The number of fused-ring (bicyclic) bond motifs is 1. The average Bonchev–Trinajstić information content (AvgIpc) is 3.07. The van der Waals surface area contributed by atoms with Gasteiger partial charge in [-0.1, -0.05) is 19.1 Å². The highest BCUT2D eigenvalue weighted by Crippen LogP contribution is 2.35. The Kier molecular flexibility index (Phi) is 5.24. The highest BCUT2D eigenvalue weighted by molar-refractivity contribution is 7.89. The molecule has 0 saturated heterocycles. The second-order valence-electron chi connectivity index (χ2n) is 7.35. The van der Waals surface area contributed by atoms with Crippen molar-refractivity contribution in [2.24, 2.45) is 0 Å². The second kappa shape index (κ2) is 7.54. The first-order chi connectivity index (χ1) is 13.3. The molecule has 1 aromatic heterocycles. The molecule has 0 bridgehead atoms. The first-order valence-electron chi connectivity index (χ1n) is 9.35. The number of aryl methyl sites for hydroxylation is 1. The van der Waals surface area contributed by atoms with E-state index in [1.165, 1.54) is 17.2 Å². The summed E-state index contributed by atoms with van der Waals surface area (Å²) in [4.78, 5) is 4.78. The molecule has 0 radical (unpaired) electrons. The second-order valence-corrected chi connectivity index (χ2v) is 8.83. The molecule has 4 rings (SSSR count). The summed E-state index contributed by atoms with van der Waals surface area (Å²) in [6.07, 6.45) is 1.22. The van der Waals surface area contributed by atoms with Gasteiger partial charge in [0.25, 0.3) is 0 Å². The lowest BCUT2D eigenvalue weighted by Crippen LogP contribution is -2.34. The lowest BCUT2D eigenvalue weighted by Gasteiger charge is -2.27. The number of rotatable bonds is 3. The Balaban J connectivity index is 1.46. The summed E-state index contributed by atoms with van der Waals surface area (Å²) in [5.74, 6) is 0.505. The zero-order chi connectivity index (χ0) is 19.9. The zero-order valence-corrected chi connectivity index (χ0v) is 16.3. The van der Waals surface area contributed by atoms with Crippen LogP contribution in [-0.2, 0) is 24.0 Å². The molecule has 3 nitrogen and oxygen atoms in total. The number of benzene rings is 1. The molecule has 2 aliphatic rings. The fourth-order valence-electron chi connectivity index (χ4n) is 3.83. The molecular formula is C21H21F3N2OS. The van der Waals surface area contributed by atoms with E-state index in [2.05, 4.69) is 24.0 Å². The predicted molar refractivity (Wildman–Crippen MR) is 103 cm³/mol. The minimum Gasteiger partial charge on any atom is -0.593 e. The average molecular weight is 406 g/mol. The minimum atomic E-state index is -4.38. The van der Waals surface area contributed by atoms with Crippen molar-refractivity contribution in [3.63, 3.8) is 0 Å². The monoisotopic (exact) mass is 406 g/mol. The quantitative estimate of drug-likeness (QED) is 0.676. The normalized spacial score (nSPS) is 21.3. The van der Waals surface area contributed by atoms with Crippen molar-refractivity contribution < 1.29 is 17.7 Å². The summed E-state index contributed by atoms with van der Waals surface area (Å²) in [6.45, 7) is 3.26. The smallest absolute Gasteiger partial charge is 0.417 e. The van der Waals surface area contributed by atoms with Crippen molar-refractivity contribution in [2.75, 3.05) is 13.1 Å². The van der Waals surface area contributed by atoms with Gasteiger partial charge in [-0.3, -0.25) is 4.98 Å². The number of nitrogens with zero attached hydrogens (tertiary/aromatic N) is 2. The first-order valence-corrected chi connectivity index (χ1v) is 10.5. The van der Waals surface area contributed by atoms with Gasteiger partial charge in [-0.15, -0.1) is 4.31 Å². The largest absolute Gasteiger partial charge is 0.593 e. The third-order valence-electron chi connectivity index (χ3n) is 5.52. The van der Waals surface area contributed by atoms with Crippen molar-refractivity contribution in [1.29, 1.82) is 0 Å². The Morgan fingerprint density at radius 3 is 2.64 bits per heavy atom. The van der Waals surface area contributed by atoms with E-state index in [1.54, 1.807) is 0 Å². The Bertz CT molecular complexity index is 896. The van der Waals surface area contributed by atoms with Crippen LogP contribution < -0.4 is 0 Å².